The van der Waals surface area contributed by atoms with Crippen molar-refractivity contribution in [1.82, 2.24) is 10.6 Å². The number of carbonyl (C=O) groups is 2. The number of likely N-dealkylation sites (N-methyl/N-ethyl adjacent to an activating group) is 1. The van der Waals surface area contributed by atoms with Crippen LogP contribution < -0.4 is 10.6 Å². The zero-order chi connectivity index (χ0) is 14.6. The second-order valence-corrected chi connectivity index (χ2v) is 5.79. The molecule has 4 heteroatoms. The molecular formula is C16H30N2O2. The first-order valence-electron chi connectivity index (χ1n) is 8.32. The van der Waals surface area contributed by atoms with Gasteiger partial charge in [-0.05, 0) is 19.8 Å². The van der Waals surface area contributed by atoms with Gasteiger partial charge < -0.3 is 10.6 Å². The van der Waals surface area contributed by atoms with E-state index in [0.717, 1.165) is 25.7 Å². The maximum atomic E-state index is 11.8. The van der Waals surface area contributed by atoms with E-state index in [9.17, 15) is 9.59 Å². The molecule has 2 N–H and O–H groups in total. The molecule has 1 rings (SSSR count). The smallest absolute Gasteiger partial charge is 0.309 e. The van der Waals surface area contributed by atoms with Crippen LogP contribution in [-0.4, -0.2) is 24.4 Å². The summed E-state index contributed by atoms with van der Waals surface area (Å²) >= 11 is 0. The zero-order valence-electron chi connectivity index (χ0n) is 12.9. The summed E-state index contributed by atoms with van der Waals surface area (Å²) in [4.78, 5) is 23.2. The third kappa shape index (κ3) is 7.51. The average molecular weight is 282 g/mol. The van der Waals surface area contributed by atoms with Gasteiger partial charge in [0.1, 0.15) is 0 Å². The van der Waals surface area contributed by atoms with Gasteiger partial charge in [-0.1, -0.05) is 57.8 Å². The van der Waals surface area contributed by atoms with Crippen LogP contribution in [0.5, 0.6) is 0 Å². The molecule has 0 aromatic rings. The third-order valence-corrected chi connectivity index (χ3v) is 3.98. The van der Waals surface area contributed by atoms with Crippen LogP contribution in [0.4, 0.5) is 0 Å². The Morgan fingerprint density at radius 2 is 1.25 bits per heavy atom. The average Bonchev–Trinajstić information content (AvgIpc) is 2.42. The van der Waals surface area contributed by atoms with Gasteiger partial charge in [-0.25, -0.2) is 0 Å². The van der Waals surface area contributed by atoms with Crippen molar-refractivity contribution in [3.05, 3.63) is 0 Å². The monoisotopic (exact) mass is 282 g/mol. The second kappa shape index (κ2) is 10.7. The molecule has 1 aliphatic rings. The standard InChI is InChI=1S/C16H30N2O2/c1-2-17-15(19)16(20)18-14-12-10-8-6-4-3-5-7-9-11-13-14/h14H,2-13H2,1H3,(H,17,19)(H,18,20). The Kier molecular flexibility index (Phi) is 9.09. The van der Waals surface area contributed by atoms with E-state index >= 15 is 0 Å². The molecule has 116 valence electrons. The molecule has 0 unspecified atom stereocenters. The second-order valence-electron chi connectivity index (χ2n) is 5.79. The van der Waals surface area contributed by atoms with Crippen LogP contribution in [-0.2, 0) is 9.59 Å². The topological polar surface area (TPSA) is 58.2 Å². The van der Waals surface area contributed by atoms with Crippen LogP contribution in [0.3, 0.4) is 0 Å². The summed E-state index contributed by atoms with van der Waals surface area (Å²) in [5.74, 6) is -0.970. The Hall–Kier alpha value is -1.06. The highest BCUT2D eigenvalue weighted by Gasteiger charge is 2.17. The van der Waals surface area contributed by atoms with Crippen LogP contribution in [0.2, 0.25) is 0 Å². The summed E-state index contributed by atoms with van der Waals surface area (Å²) in [6.45, 7) is 2.32. The summed E-state index contributed by atoms with van der Waals surface area (Å²) in [7, 11) is 0. The molecule has 0 radical (unpaired) electrons. The Morgan fingerprint density at radius 1 is 0.800 bits per heavy atom. The van der Waals surface area contributed by atoms with Gasteiger partial charge in [0.15, 0.2) is 0 Å². The Morgan fingerprint density at radius 3 is 1.70 bits per heavy atom. The van der Waals surface area contributed by atoms with Gasteiger partial charge in [0.25, 0.3) is 0 Å². The SMILES string of the molecule is CCNC(=O)C(=O)NC1CCCCCCCCCCC1. The summed E-state index contributed by atoms with van der Waals surface area (Å²) < 4.78 is 0. The lowest BCUT2D eigenvalue weighted by Crippen LogP contribution is -2.44. The first-order valence-corrected chi connectivity index (χ1v) is 8.32. The first kappa shape index (κ1) is 17.0. The van der Waals surface area contributed by atoms with Gasteiger partial charge >= 0.3 is 11.8 Å². The van der Waals surface area contributed by atoms with E-state index < -0.39 is 11.8 Å². The Bertz CT molecular complexity index is 280. The fourth-order valence-electron chi connectivity index (χ4n) is 2.80. The molecule has 0 atom stereocenters. The maximum absolute atomic E-state index is 11.8. The molecular weight excluding hydrogens is 252 g/mol. The van der Waals surface area contributed by atoms with Crippen molar-refractivity contribution in [2.75, 3.05) is 6.54 Å². The lowest BCUT2D eigenvalue weighted by molar-refractivity contribution is -0.139. The fourth-order valence-corrected chi connectivity index (χ4v) is 2.80. The largest absolute Gasteiger partial charge is 0.348 e. The predicted molar refractivity (Wildman–Crippen MR) is 81.4 cm³/mol. The Balaban J connectivity index is 2.37. The predicted octanol–water partition coefficient (Wildman–Crippen LogP) is 2.91. The number of hydrogen-bond acceptors (Lipinski definition) is 2. The van der Waals surface area contributed by atoms with Crippen molar-refractivity contribution >= 4 is 11.8 Å². The minimum Gasteiger partial charge on any atom is -0.348 e. The van der Waals surface area contributed by atoms with Crippen molar-refractivity contribution in [2.45, 2.75) is 83.6 Å². The zero-order valence-corrected chi connectivity index (χ0v) is 12.9. The number of amides is 2. The highest BCUT2D eigenvalue weighted by molar-refractivity contribution is 6.35. The summed E-state index contributed by atoms with van der Waals surface area (Å²) in [5, 5.41) is 5.46. The molecule has 4 nitrogen and oxygen atoms in total. The number of carbonyl (C=O) groups excluding carboxylic acids is 2. The minimum absolute atomic E-state index is 0.171. The summed E-state index contributed by atoms with van der Waals surface area (Å²) in [6.07, 6.45) is 13.5. The van der Waals surface area contributed by atoms with Crippen molar-refractivity contribution < 1.29 is 9.59 Å². The van der Waals surface area contributed by atoms with Crippen molar-refractivity contribution in [3.8, 4) is 0 Å². The van der Waals surface area contributed by atoms with Crippen LogP contribution in [0.25, 0.3) is 0 Å². The molecule has 0 aromatic carbocycles. The number of hydrogen-bond donors (Lipinski definition) is 2. The fraction of sp³-hybridized carbons (Fsp3) is 0.875. The van der Waals surface area contributed by atoms with Crippen molar-refractivity contribution in [1.29, 1.82) is 0 Å². The van der Waals surface area contributed by atoms with E-state index in [1.807, 2.05) is 6.92 Å². The Labute approximate surface area is 123 Å². The van der Waals surface area contributed by atoms with Gasteiger partial charge in [-0.3, -0.25) is 9.59 Å². The molecule has 1 aliphatic carbocycles. The van der Waals surface area contributed by atoms with Gasteiger partial charge in [-0.2, -0.15) is 0 Å². The van der Waals surface area contributed by atoms with Crippen molar-refractivity contribution in [3.63, 3.8) is 0 Å². The van der Waals surface area contributed by atoms with E-state index in [4.69, 9.17) is 0 Å². The molecule has 20 heavy (non-hydrogen) atoms. The molecule has 0 saturated heterocycles. The normalized spacial score (nSPS) is 19.4. The van der Waals surface area contributed by atoms with E-state index in [1.165, 1.54) is 44.9 Å². The molecule has 0 spiro atoms. The highest BCUT2D eigenvalue weighted by Crippen LogP contribution is 2.16. The van der Waals surface area contributed by atoms with Gasteiger partial charge in [0.05, 0.1) is 0 Å². The van der Waals surface area contributed by atoms with Gasteiger partial charge in [-0.15, -0.1) is 0 Å². The molecule has 0 aromatic heterocycles. The first-order chi connectivity index (χ1) is 9.74. The van der Waals surface area contributed by atoms with Crippen LogP contribution in [0, 0.1) is 0 Å². The van der Waals surface area contributed by atoms with Crippen molar-refractivity contribution in [2.24, 2.45) is 0 Å². The van der Waals surface area contributed by atoms with E-state index in [1.54, 1.807) is 0 Å². The number of nitrogens with one attached hydrogen (secondary N) is 2. The summed E-state index contributed by atoms with van der Waals surface area (Å²) in [6, 6.07) is 0.171. The molecule has 2 amide bonds. The van der Waals surface area contributed by atoms with E-state index in [2.05, 4.69) is 10.6 Å². The molecule has 0 aliphatic heterocycles. The van der Waals surface area contributed by atoms with E-state index in [-0.39, 0.29) is 6.04 Å². The highest BCUT2D eigenvalue weighted by atomic mass is 16.2. The molecule has 1 saturated carbocycles. The lowest BCUT2D eigenvalue weighted by Gasteiger charge is -2.19. The van der Waals surface area contributed by atoms with Crippen LogP contribution in [0.1, 0.15) is 77.6 Å². The van der Waals surface area contributed by atoms with Crippen LogP contribution in [0.15, 0.2) is 0 Å². The third-order valence-electron chi connectivity index (χ3n) is 3.98. The minimum atomic E-state index is -0.501. The van der Waals surface area contributed by atoms with Gasteiger partial charge in [0, 0.05) is 12.6 Å². The van der Waals surface area contributed by atoms with Gasteiger partial charge in [0.2, 0.25) is 0 Å². The number of rotatable bonds is 2. The molecule has 0 heterocycles. The lowest BCUT2D eigenvalue weighted by atomic mass is 9.98. The molecule has 0 bridgehead atoms. The molecule has 1 fully saturated rings. The maximum Gasteiger partial charge on any atom is 0.309 e. The quantitative estimate of drug-likeness (QED) is 0.765. The van der Waals surface area contributed by atoms with E-state index in [0.29, 0.717) is 6.54 Å². The summed E-state index contributed by atoms with van der Waals surface area (Å²) in [5.41, 5.74) is 0. The van der Waals surface area contributed by atoms with Crippen LogP contribution >= 0.6 is 0 Å².